The Morgan fingerprint density at radius 3 is 1.82 bits per heavy atom. The number of aliphatic carboxylic acids is 1. The third-order valence-corrected chi connectivity index (χ3v) is 11.0. The molecule has 1 aliphatic heterocycles. The van der Waals surface area contributed by atoms with Crippen molar-refractivity contribution in [1.82, 2.24) is 15.0 Å². The minimum Gasteiger partial charge on any atom is -0.744 e. The molecule has 1 aliphatic rings. The molecule has 60 heavy (non-hydrogen) atoms. The molecule has 2 N–H and O–H groups in total. The number of hydrogen-bond acceptors (Lipinski definition) is 23. The molecule has 1 unspecified atom stereocenters. The van der Waals surface area contributed by atoms with Gasteiger partial charge in [-0.05, 0) is 78.3 Å². The summed E-state index contributed by atoms with van der Waals surface area (Å²) in [5.41, 5.74) is -1.74. The molecule has 1 atom stereocenters. The summed E-state index contributed by atoms with van der Waals surface area (Å²) in [7, 11) is -19.3. The maximum Gasteiger partial charge on any atom is 1.00 e. The number of hydrogen-bond donors (Lipinski definition) is 2. The van der Waals surface area contributed by atoms with Crippen LogP contribution < -0.4 is 139 Å². The van der Waals surface area contributed by atoms with Crippen LogP contribution in [0.5, 0.6) is 0 Å². The van der Waals surface area contributed by atoms with Gasteiger partial charge in [-0.3, -0.25) is 8.98 Å². The van der Waals surface area contributed by atoms with Crippen LogP contribution in [0, 0.1) is 0 Å². The first-order valence-electron chi connectivity index (χ1n) is 14.6. The van der Waals surface area contributed by atoms with E-state index in [2.05, 4.69) is 45.1 Å². The molecule has 4 aromatic rings. The van der Waals surface area contributed by atoms with Gasteiger partial charge >= 0.3 is 118 Å². The zero-order valence-corrected chi connectivity index (χ0v) is 43.1. The van der Waals surface area contributed by atoms with Gasteiger partial charge in [0, 0.05) is 11.4 Å². The van der Waals surface area contributed by atoms with Crippen molar-refractivity contribution >= 4 is 104 Å². The number of amides is 1. The van der Waals surface area contributed by atoms with Crippen molar-refractivity contribution < 1.29 is 184 Å². The van der Waals surface area contributed by atoms with Gasteiger partial charge in [-0.25, -0.2) is 33.7 Å². The van der Waals surface area contributed by atoms with E-state index in [1.54, 1.807) is 0 Å². The number of carbonyl (C=O) groups is 2. The fourth-order valence-corrected chi connectivity index (χ4v) is 7.18. The predicted molar refractivity (Wildman–Crippen MR) is 183 cm³/mol. The summed E-state index contributed by atoms with van der Waals surface area (Å²) in [6.07, 6.45) is 0. The molecule has 5 rings (SSSR count). The van der Waals surface area contributed by atoms with Gasteiger partial charge in [0.2, 0.25) is 27.6 Å². The topological polar surface area (TPSA) is 375 Å². The molecule has 2 heterocycles. The molecule has 1 amide bonds. The summed E-state index contributed by atoms with van der Waals surface area (Å²) >= 11 is 6.03. The van der Waals surface area contributed by atoms with E-state index in [1.165, 1.54) is 12.1 Å². The maximum atomic E-state index is 13.1. The Balaban J connectivity index is 0.00000450. The van der Waals surface area contributed by atoms with Crippen LogP contribution in [0.15, 0.2) is 96.7 Å². The van der Waals surface area contributed by atoms with Crippen LogP contribution in [-0.2, 0) is 54.2 Å². The van der Waals surface area contributed by atoms with Crippen molar-refractivity contribution in [2.24, 2.45) is 15.3 Å². The molecule has 3 aromatic carbocycles. The number of nitrogens with zero attached hydrogens (tertiary/aromatic N) is 7. The van der Waals surface area contributed by atoms with Crippen molar-refractivity contribution in [3.05, 3.63) is 72.0 Å². The van der Waals surface area contributed by atoms with E-state index >= 15 is 0 Å². The Morgan fingerprint density at radius 1 is 0.767 bits per heavy atom. The van der Waals surface area contributed by atoms with Gasteiger partial charge in [0.1, 0.15) is 31.6 Å². The molecular formula is C27H18ClN9Na4O15S4. The first-order valence-corrected chi connectivity index (χ1v) is 20.8. The van der Waals surface area contributed by atoms with E-state index in [1.807, 2.05) is 0 Å². The predicted octanol–water partition coefficient (Wildman–Crippen LogP) is -12.3. The molecule has 0 spiro atoms. The number of rotatable bonds is 15. The summed E-state index contributed by atoms with van der Waals surface area (Å²) in [5.74, 6) is -4.48. The van der Waals surface area contributed by atoms with Crippen molar-refractivity contribution in [2.45, 2.75) is 20.7 Å². The zero-order chi connectivity index (χ0) is 41.2. The Labute approximate surface area is 434 Å². The summed E-state index contributed by atoms with van der Waals surface area (Å²) in [6.45, 7) is -0.899. The number of aromatic nitrogens is 3. The van der Waals surface area contributed by atoms with Crippen LogP contribution in [0.1, 0.15) is 0 Å². The summed E-state index contributed by atoms with van der Waals surface area (Å²) in [6, 6.07) is 9.23. The fraction of sp³-hybridized carbons (Fsp3) is 0.111. The SMILES string of the molecule is O=C([O-])C1=NN(c2ccc(S(=O)(=O)[O-])cc2)C(=O)C1N=Nc1cc(Nc2nc(Cl)nc(Nc3ccc(S(=O)(=O)CCOS(=O)(=O)[O-])cc3)n2)ccc1S(=O)(=O)[O-].[Na+].[Na+].[Na+].[Na+]. The van der Waals surface area contributed by atoms with Gasteiger partial charge < -0.3 is 34.2 Å². The van der Waals surface area contributed by atoms with Crippen LogP contribution >= 0.6 is 11.6 Å². The van der Waals surface area contributed by atoms with E-state index in [-0.39, 0.29) is 157 Å². The molecule has 33 heteroatoms. The minimum atomic E-state index is -5.27. The van der Waals surface area contributed by atoms with E-state index < -0.39 is 91.9 Å². The molecule has 0 saturated heterocycles. The van der Waals surface area contributed by atoms with Gasteiger partial charge in [-0.2, -0.15) is 35.3 Å². The number of carboxylic acids is 1. The van der Waals surface area contributed by atoms with Gasteiger partial charge in [0.05, 0.1) is 38.7 Å². The van der Waals surface area contributed by atoms with Gasteiger partial charge in [0.25, 0.3) is 5.91 Å². The zero-order valence-electron chi connectivity index (χ0n) is 31.1. The van der Waals surface area contributed by atoms with Gasteiger partial charge in [-0.1, -0.05) is 0 Å². The number of anilines is 5. The number of sulfone groups is 1. The average Bonchev–Trinajstić information content (AvgIpc) is 3.42. The summed E-state index contributed by atoms with van der Waals surface area (Å²) < 4.78 is 130. The van der Waals surface area contributed by atoms with Crippen LogP contribution in [-0.4, -0.2) is 98.3 Å². The van der Waals surface area contributed by atoms with Crippen LogP contribution in [0.25, 0.3) is 0 Å². The molecule has 0 radical (unpaired) electrons. The first-order chi connectivity index (χ1) is 26.0. The number of azo groups is 1. The molecule has 1 aromatic heterocycles. The molecule has 0 aliphatic carbocycles. The Kier molecular flexibility index (Phi) is 21.5. The molecular weight excluding hydrogens is 946 g/mol. The third kappa shape index (κ3) is 15.3. The standard InChI is InChI=1S/C27H22ClN9O15S4.4Na/c28-25-31-26(29-14-1-6-17(7-2-14)53(41,42)12-11-52-56(49,50)51)33-27(32-25)30-15-3-10-20(55(46,47)48)19(13-15)34-35-21-22(24(39)40)36-37(23(21)38)16-4-8-18(9-5-16)54(43,44)45;;;;/h1-10,13,21H,11-12H2,(H,39,40)(H,43,44,45)(H,46,47,48)(H,49,50,51)(H2,29,30,31,32,33);;;;/q;4*+1/p-4. The van der Waals surface area contributed by atoms with E-state index in [9.17, 15) is 62.0 Å². The monoisotopic (exact) mass is 963 g/mol. The Morgan fingerprint density at radius 2 is 1.30 bits per heavy atom. The van der Waals surface area contributed by atoms with Crippen LogP contribution in [0.2, 0.25) is 5.28 Å². The van der Waals surface area contributed by atoms with Gasteiger partial charge in [0.15, 0.2) is 15.9 Å². The Hall–Kier alpha value is -1.59. The smallest absolute Gasteiger partial charge is 0.744 e. The van der Waals surface area contributed by atoms with Crippen molar-refractivity contribution in [1.29, 1.82) is 0 Å². The molecule has 0 fully saturated rings. The first kappa shape index (κ1) is 56.4. The normalized spacial score (nSPS) is 14.2. The van der Waals surface area contributed by atoms with Crippen LogP contribution in [0.4, 0.5) is 34.6 Å². The molecule has 24 nitrogen and oxygen atoms in total. The third-order valence-electron chi connectivity index (χ3n) is 6.91. The number of nitrogens with one attached hydrogen (secondary N) is 2. The maximum absolute atomic E-state index is 13.1. The minimum absolute atomic E-state index is 0. The summed E-state index contributed by atoms with van der Waals surface area (Å²) in [5, 5.41) is 28.2. The second kappa shape index (κ2) is 22.9. The van der Waals surface area contributed by atoms with E-state index in [4.69, 9.17) is 11.6 Å². The number of benzene rings is 3. The number of carboxylic acid groups (broad SMARTS) is 1. The molecule has 296 valence electrons. The molecule has 0 bridgehead atoms. The number of hydrazone groups is 1. The van der Waals surface area contributed by atoms with E-state index in [0.29, 0.717) is 5.01 Å². The number of halogens is 1. The van der Waals surface area contributed by atoms with Crippen molar-refractivity contribution in [2.75, 3.05) is 28.0 Å². The summed E-state index contributed by atoms with van der Waals surface area (Å²) in [4.78, 5) is 34.9. The Bertz CT molecular complexity index is 2760. The molecule has 0 saturated carbocycles. The van der Waals surface area contributed by atoms with Crippen molar-refractivity contribution in [3.8, 4) is 0 Å². The average molecular weight is 964 g/mol. The second-order valence-electron chi connectivity index (χ2n) is 10.7. The van der Waals surface area contributed by atoms with Crippen molar-refractivity contribution in [3.63, 3.8) is 0 Å². The van der Waals surface area contributed by atoms with Gasteiger partial charge in [-0.15, -0.1) is 0 Å². The fourth-order valence-electron chi connectivity index (χ4n) is 4.47. The second-order valence-corrected chi connectivity index (χ2v) is 16.9. The largest absolute Gasteiger partial charge is 1.00 e. The quantitative estimate of drug-likeness (QED) is 0.0483. The van der Waals surface area contributed by atoms with E-state index in [0.717, 1.165) is 54.6 Å². The number of carbonyl (C=O) groups excluding carboxylic acids is 2. The van der Waals surface area contributed by atoms with Crippen LogP contribution in [0.3, 0.4) is 0 Å².